The summed E-state index contributed by atoms with van der Waals surface area (Å²) in [6.07, 6.45) is 0.115. The topological polar surface area (TPSA) is 26.3 Å². The van der Waals surface area contributed by atoms with Crippen LogP contribution in [0.5, 0.6) is 5.75 Å². The Kier molecular flexibility index (Phi) is 3.21. The summed E-state index contributed by atoms with van der Waals surface area (Å²) >= 11 is 11.8. The minimum Gasteiger partial charge on any atom is -0.482 e. The highest BCUT2D eigenvalue weighted by atomic mass is 35.5. The predicted octanol–water partition coefficient (Wildman–Crippen LogP) is 4.18. The summed E-state index contributed by atoms with van der Waals surface area (Å²) in [5.41, 5.74) is 1.58. The molecule has 1 aliphatic rings. The molecule has 1 unspecified atom stereocenters. The van der Waals surface area contributed by atoms with E-state index in [1.807, 2.05) is 24.3 Å². The molecular formula is C15H10Cl2O2. The maximum absolute atomic E-state index is 12.4. The maximum Gasteiger partial charge on any atom is 0.203 e. The molecule has 1 heterocycles. The molecule has 0 aromatic heterocycles. The van der Waals surface area contributed by atoms with Gasteiger partial charge in [-0.25, -0.2) is 0 Å². The van der Waals surface area contributed by atoms with Gasteiger partial charge in [0.25, 0.3) is 0 Å². The van der Waals surface area contributed by atoms with E-state index in [1.54, 1.807) is 18.2 Å². The molecule has 0 N–H and O–H groups in total. The molecule has 0 bridgehead atoms. The molecule has 0 saturated carbocycles. The average molecular weight is 293 g/mol. The van der Waals surface area contributed by atoms with Gasteiger partial charge in [-0.2, -0.15) is 0 Å². The molecule has 0 fully saturated rings. The second kappa shape index (κ2) is 4.87. The molecule has 2 nitrogen and oxygen atoms in total. The van der Waals surface area contributed by atoms with E-state index in [0.717, 1.165) is 11.3 Å². The third kappa shape index (κ3) is 2.34. The summed E-state index contributed by atoms with van der Waals surface area (Å²) in [4.78, 5) is 12.4. The Balaban J connectivity index is 1.85. The lowest BCUT2D eigenvalue weighted by Gasteiger charge is -2.10. The number of hydrogen-bond acceptors (Lipinski definition) is 2. The second-order valence-electron chi connectivity index (χ2n) is 4.41. The van der Waals surface area contributed by atoms with Crippen molar-refractivity contribution in [3.05, 3.63) is 63.6 Å². The summed E-state index contributed by atoms with van der Waals surface area (Å²) in [7, 11) is 0. The highest BCUT2D eigenvalue weighted by Gasteiger charge is 2.29. The number of halogens is 2. The molecule has 0 aliphatic carbocycles. The van der Waals surface area contributed by atoms with Crippen molar-refractivity contribution in [3.8, 4) is 5.75 Å². The van der Waals surface area contributed by atoms with Crippen LogP contribution in [0.2, 0.25) is 10.0 Å². The molecule has 4 heteroatoms. The quantitative estimate of drug-likeness (QED) is 0.776. The lowest BCUT2D eigenvalue weighted by molar-refractivity contribution is 0.0825. The van der Waals surface area contributed by atoms with Gasteiger partial charge in [0.2, 0.25) is 5.78 Å². The fraction of sp³-hybridized carbons (Fsp3) is 0.133. The number of ether oxygens (including phenoxy) is 1. The molecule has 2 aromatic rings. The summed E-state index contributed by atoms with van der Waals surface area (Å²) in [5, 5.41) is 0.817. The highest BCUT2D eigenvalue weighted by Crippen LogP contribution is 2.30. The van der Waals surface area contributed by atoms with E-state index in [1.165, 1.54) is 0 Å². The Morgan fingerprint density at radius 3 is 2.63 bits per heavy atom. The molecule has 0 amide bonds. The number of hydrogen-bond donors (Lipinski definition) is 0. The van der Waals surface area contributed by atoms with Crippen molar-refractivity contribution in [3.63, 3.8) is 0 Å². The van der Waals surface area contributed by atoms with Gasteiger partial charge in [0.15, 0.2) is 6.10 Å². The van der Waals surface area contributed by atoms with Crippen LogP contribution in [0.3, 0.4) is 0 Å². The van der Waals surface area contributed by atoms with Crippen molar-refractivity contribution in [1.82, 2.24) is 0 Å². The number of fused-ring (bicyclic) bond motifs is 1. The zero-order valence-corrected chi connectivity index (χ0v) is 11.4. The molecule has 1 atom stereocenters. The standard InChI is InChI=1S/C15H10Cl2O2/c16-11-6-5-10(7-12(11)17)15(18)14-8-9-3-1-2-4-13(9)19-14/h1-7,14H,8H2. The van der Waals surface area contributed by atoms with Crippen LogP contribution in [0, 0.1) is 0 Å². The number of Topliss-reactive ketones (excluding diaryl/α,β-unsaturated/α-hetero) is 1. The van der Waals surface area contributed by atoms with E-state index in [4.69, 9.17) is 27.9 Å². The van der Waals surface area contributed by atoms with E-state index in [2.05, 4.69) is 0 Å². The molecule has 2 aromatic carbocycles. The Morgan fingerprint density at radius 1 is 1.11 bits per heavy atom. The predicted molar refractivity (Wildman–Crippen MR) is 75.4 cm³/mol. The summed E-state index contributed by atoms with van der Waals surface area (Å²) in [5.74, 6) is 0.704. The van der Waals surface area contributed by atoms with E-state index in [0.29, 0.717) is 22.0 Å². The second-order valence-corrected chi connectivity index (χ2v) is 5.23. The lowest BCUT2D eigenvalue weighted by atomic mass is 10.0. The van der Waals surface area contributed by atoms with Gasteiger partial charge in [-0.3, -0.25) is 4.79 Å². The fourth-order valence-electron chi connectivity index (χ4n) is 2.16. The third-order valence-electron chi connectivity index (χ3n) is 3.14. The van der Waals surface area contributed by atoms with Crippen molar-refractivity contribution in [2.45, 2.75) is 12.5 Å². The first-order valence-corrected chi connectivity index (χ1v) is 6.64. The first-order valence-electron chi connectivity index (χ1n) is 5.89. The fourth-order valence-corrected chi connectivity index (χ4v) is 2.46. The number of benzene rings is 2. The Morgan fingerprint density at radius 2 is 1.89 bits per heavy atom. The first kappa shape index (κ1) is 12.5. The van der Waals surface area contributed by atoms with E-state index in [9.17, 15) is 4.79 Å². The van der Waals surface area contributed by atoms with Crippen LogP contribution >= 0.6 is 23.2 Å². The normalized spacial score (nSPS) is 16.8. The summed E-state index contributed by atoms with van der Waals surface area (Å²) in [6.45, 7) is 0. The minimum atomic E-state index is -0.477. The van der Waals surface area contributed by atoms with E-state index in [-0.39, 0.29) is 5.78 Å². The van der Waals surface area contributed by atoms with Gasteiger partial charge >= 0.3 is 0 Å². The monoisotopic (exact) mass is 292 g/mol. The zero-order valence-electron chi connectivity index (χ0n) is 9.90. The van der Waals surface area contributed by atoms with Gasteiger partial charge in [-0.05, 0) is 29.8 Å². The van der Waals surface area contributed by atoms with Crippen LogP contribution in [0.4, 0.5) is 0 Å². The van der Waals surface area contributed by atoms with Crippen molar-refractivity contribution in [2.75, 3.05) is 0 Å². The molecule has 0 saturated heterocycles. The number of para-hydroxylation sites is 1. The lowest BCUT2D eigenvalue weighted by Crippen LogP contribution is -2.25. The van der Waals surface area contributed by atoms with Crippen molar-refractivity contribution in [1.29, 1.82) is 0 Å². The molecule has 0 spiro atoms. The highest BCUT2D eigenvalue weighted by molar-refractivity contribution is 6.42. The SMILES string of the molecule is O=C(c1ccc(Cl)c(Cl)c1)C1Cc2ccccc2O1. The maximum atomic E-state index is 12.4. The molecule has 3 rings (SSSR count). The Labute approximate surface area is 120 Å². The van der Waals surface area contributed by atoms with Crippen LogP contribution in [-0.2, 0) is 6.42 Å². The Bertz CT molecular complexity index is 627. The Hall–Kier alpha value is -1.51. The van der Waals surface area contributed by atoms with Gasteiger partial charge in [-0.15, -0.1) is 0 Å². The van der Waals surface area contributed by atoms with Crippen LogP contribution < -0.4 is 4.74 Å². The van der Waals surface area contributed by atoms with Crippen molar-refractivity contribution >= 4 is 29.0 Å². The first-order chi connectivity index (χ1) is 9.15. The molecule has 1 aliphatic heterocycles. The number of rotatable bonds is 2. The third-order valence-corrected chi connectivity index (χ3v) is 3.88. The van der Waals surface area contributed by atoms with Gasteiger partial charge in [-0.1, -0.05) is 41.4 Å². The van der Waals surface area contributed by atoms with Crippen molar-refractivity contribution < 1.29 is 9.53 Å². The number of carbonyl (C=O) groups is 1. The molecule has 19 heavy (non-hydrogen) atoms. The summed E-state index contributed by atoms with van der Waals surface area (Å²) in [6, 6.07) is 12.6. The molecule has 0 radical (unpaired) electrons. The largest absolute Gasteiger partial charge is 0.482 e. The smallest absolute Gasteiger partial charge is 0.203 e. The molecule has 96 valence electrons. The zero-order chi connectivity index (χ0) is 13.4. The van der Waals surface area contributed by atoms with Gasteiger partial charge in [0, 0.05) is 12.0 Å². The van der Waals surface area contributed by atoms with Crippen LogP contribution in [0.25, 0.3) is 0 Å². The van der Waals surface area contributed by atoms with E-state index >= 15 is 0 Å². The van der Waals surface area contributed by atoms with Crippen LogP contribution in [0.1, 0.15) is 15.9 Å². The van der Waals surface area contributed by atoms with Gasteiger partial charge in [0.1, 0.15) is 5.75 Å². The van der Waals surface area contributed by atoms with Gasteiger partial charge in [0.05, 0.1) is 10.0 Å². The number of carbonyl (C=O) groups excluding carboxylic acids is 1. The van der Waals surface area contributed by atoms with Gasteiger partial charge < -0.3 is 4.74 Å². The average Bonchev–Trinajstić information content (AvgIpc) is 2.85. The van der Waals surface area contributed by atoms with E-state index < -0.39 is 6.10 Å². The number of ketones is 1. The van der Waals surface area contributed by atoms with Crippen molar-refractivity contribution in [2.24, 2.45) is 0 Å². The molecular weight excluding hydrogens is 283 g/mol. The van der Waals surface area contributed by atoms with Crippen LogP contribution in [-0.4, -0.2) is 11.9 Å². The minimum absolute atomic E-state index is 0.0743. The van der Waals surface area contributed by atoms with Crippen LogP contribution in [0.15, 0.2) is 42.5 Å². The summed E-state index contributed by atoms with van der Waals surface area (Å²) < 4.78 is 5.67.